The molecule has 3 aliphatic rings. The number of hydrogen-bond donors (Lipinski definition) is 0. The summed E-state index contributed by atoms with van der Waals surface area (Å²) in [6.07, 6.45) is 8.79. The third-order valence-electron chi connectivity index (χ3n) is 9.60. The number of likely N-dealkylation sites (tertiary alicyclic amines) is 1. The van der Waals surface area contributed by atoms with E-state index in [0.29, 0.717) is 29.8 Å². The van der Waals surface area contributed by atoms with Crippen molar-refractivity contribution in [2.45, 2.75) is 70.4 Å². The van der Waals surface area contributed by atoms with E-state index < -0.39 is 5.97 Å². The summed E-state index contributed by atoms with van der Waals surface area (Å²) in [5.74, 6) is 1.37. The minimum atomic E-state index is -0.429. The van der Waals surface area contributed by atoms with Crippen LogP contribution in [0.2, 0.25) is 0 Å². The van der Waals surface area contributed by atoms with Crippen LogP contribution in [0.1, 0.15) is 72.3 Å². The second-order valence-corrected chi connectivity index (χ2v) is 12.4. The maximum atomic E-state index is 13.1. The number of ether oxygens (including phenoxy) is 3. The first-order valence-electron chi connectivity index (χ1n) is 15.6. The molecule has 5 heterocycles. The Morgan fingerprint density at radius 3 is 2.53 bits per heavy atom. The van der Waals surface area contributed by atoms with Gasteiger partial charge in [-0.15, -0.1) is 0 Å². The average molecular weight is 585 g/mol. The molecule has 1 amide bonds. The molecule has 1 unspecified atom stereocenters. The molecule has 1 atom stereocenters. The second kappa shape index (κ2) is 11.3. The molecular weight excluding hydrogens is 544 g/mol. The van der Waals surface area contributed by atoms with Gasteiger partial charge < -0.3 is 23.7 Å². The molecule has 0 bridgehead atoms. The number of piperidine rings is 1. The highest BCUT2D eigenvalue weighted by molar-refractivity contribution is 5.93. The quantitative estimate of drug-likeness (QED) is 0.257. The molecule has 3 fully saturated rings. The molecule has 1 aliphatic carbocycles. The molecule has 43 heavy (non-hydrogen) atoms. The van der Waals surface area contributed by atoms with Crippen LogP contribution in [-0.2, 0) is 20.8 Å². The Morgan fingerprint density at radius 1 is 1.02 bits per heavy atom. The van der Waals surface area contributed by atoms with Crippen molar-refractivity contribution < 1.29 is 23.8 Å². The first-order valence-corrected chi connectivity index (χ1v) is 15.6. The number of aryl methyl sites for hydroxylation is 1. The molecule has 9 heteroatoms. The SMILES string of the molecule is COC(=O)c1cc(OC)c2c(C)c(-c3cc4cccc(C5CCN(C(=O)C6CCCCO6)CC5)c4n3CC3CC3)nn2c1. The van der Waals surface area contributed by atoms with Gasteiger partial charge in [0.25, 0.3) is 5.91 Å². The van der Waals surface area contributed by atoms with Crippen molar-refractivity contribution in [2.75, 3.05) is 33.9 Å². The highest BCUT2D eigenvalue weighted by atomic mass is 16.5. The fourth-order valence-corrected chi connectivity index (χ4v) is 7.09. The summed E-state index contributed by atoms with van der Waals surface area (Å²) in [5, 5.41) is 6.23. The summed E-state index contributed by atoms with van der Waals surface area (Å²) >= 11 is 0. The third kappa shape index (κ3) is 5.07. The third-order valence-corrected chi connectivity index (χ3v) is 9.60. The lowest BCUT2D eigenvalue weighted by atomic mass is 9.88. The molecule has 0 radical (unpaired) electrons. The Kier molecular flexibility index (Phi) is 7.37. The van der Waals surface area contributed by atoms with Crippen molar-refractivity contribution in [1.82, 2.24) is 19.1 Å². The molecule has 1 saturated carbocycles. The number of carbonyl (C=O) groups is 2. The van der Waals surface area contributed by atoms with Gasteiger partial charge in [0.2, 0.25) is 0 Å². The first kappa shape index (κ1) is 28.0. The molecule has 7 rings (SSSR count). The molecule has 3 aromatic heterocycles. The Morgan fingerprint density at radius 2 is 1.84 bits per heavy atom. The van der Waals surface area contributed by atoms with Gasteiger partial charge in [0.1, 0.15) is 23.1 Å². The van der Waals surface area contributed by atoms with Crippen LogP contribution in [0.25, 0.3) is 27.8 Å². The van der Waals surface area contributed by atoms with Crippen LogP contribution >= 0.6 is 0 Å². The molecule has 0 spiro atoms. The molecule has 9 nitrogen and oxygen atoms in total. The summed E-state index contributed by atoms with van der Waals surface area (Å²) in [6.45, 7) is 5.25. The fraction of sp³-hybridized carbons (Fsp3) is 0.500. The van der Waals surface area contributed by atoms with Gasteiger partial charge in [-0.1, -0.05) is 18.2 Å². The summed E-state index contributed by atoms with van der Waals surface area (Å²) in [7, 11) is 2.99. The van der Waals surface area contributed by atoms with Crippen molar-refractivity contribution in [3.63, 3.8) is 0 Å². The number of para-hydroxylation sites is 1. The number of rotatable bonds is 7. The molecule has 2 saturated heterocycles. The summed E-state index contributed by atoms with van der Waals surface area (Å²) in [6, 6.07) is 10.6. The largest absolute Gasteiger partial charge is 0.494 e. The Hall–Kier alpha value is -3.85. The van der Waals surface area contributed by atoms with E-state index in [0.717, 1.165) is 74.2 Å². The number of hydrogen-bond acceptors (Lipinski definition) is 6. The summed E-state index contributed by atoms with van der Waals surface area (Å²) in [5.41, 5.74) is 6.84. The van der Waals surface area contributed by atoms with Crippen LogP contribution in [0.3, 0.4) is 0 Å². The zero-order valence-electron chi connectivity index (χ0n) is 25.3. The van der Waals surface area contributed by atoms with Crippen LogP contribution in [0.15, 0.2) is 36.5 Å². The van der Waals surface area contributed by atoms with Gasteiger partial charge in [0.05, 0.1) is 31.0 Å². The Bertz CT molecular complexity index is 1690. The van der Waals surface area contributed by atoms with Crippen LogP contribution in [0, 0.1) is 12.8 Å². The second-order valence-electron chi connectivity index (χ2n) is 12.4. The van der Waals surface area contributed by atoms with Gasteiger partial charge in [-0.3, -0.25) is 4.79 Å². The molecule has 2 aliphatic heterocycles. The van der Waals surface area contributed by atoms with Gasteiger partial charge in [0, 0.05) is 43.4 Å². The van der Waals surface area contributed by atoms with Crippen LogP contribution in [0.5, 0.6) is 5.75 Å². The first-order chi connectivity index (χ1) is 21.0. The van der Waals surface area contributed by atoms with Gasteiger partial charge >= 0.3 is 5.97 Å². The molecule has 4 aromatic rings. The van der Waals surface area contributed by atoms with E-state index in [9.17, 15) is 9.59 Å². The lowest BCUT2D eigenvalue weighted by molar-refractivity contribution is -0.147. The highest BCUT2D eigenvalue weighted by Gasteiger charge is 2.32. The fourth-order valence-electron chi connectivity index (χ4n) is 7.09. The lowest BCUT2D eigenvalue weighted by Gasteiger charge is -2.35. The monoisotopic (exact) mass is 584 g/mol. The number of pyridine rings is 1. The molecular formula is C34H40N4O5. The van der Waals surface area contributed by atoms with Crippen LogP contribution < -0.4 is 4.74 Å². The van der Waals surface area contributed by atoms with E-state index in [-0.39, 0.29) is 12.0 Å². The Labute approximate surface area is 251 Å². The van der Waals surface area contributed by atoms with Crippen molar-refractivity contribution in [3.8, 4) is 17.1 Å². The van der Waals surface area contributed by atoms with E-state index in [1.807, 2.05) is 4.90 Å². The number of fused-ring (bicyclic) bond motifs is 2. The van der Waals surface area contributed by atoms with E-state index in [1.165, 1.54) is 36.4 Å². The van der Waals surface area contributed by atoms with E-state index >= 15 is 0 Å². The van der Waals surface area contributed by atoms with Crippen molar-refractivity contribution in [2.24, 2.45) is 5.92 Å². The van der Waals surface area contributed by atoms with Crippen LogP contribution in [-0.4, -0.2) is 71.0 Å². The Balaban J connectivity index is 1.26. The van der Waals surface area contributed by atoms with Gasteiger partial charge in [-0.25, -0.2) is 9.31 Å². The van der Waals surface area contributed by atoms with Crippen molar-refractivity contribution in [3.05, 3.63) is 53.2 Å². The number of carbonyl (C=O) groups excluding carboxylic acids is 2. The van der Waals surface area contributed by atoms with Gasteiger partial charge in [-0.2, -0.15) is 5.10 Å². The molecule has 1 aromatic carbocycles. The lowest BCUT2D eigenvalue weighted by Crippen LogP contribution is -2.45. The van der Waals surface area contributed by atoms with E-state index in [2.05, 4.69) is 35.8 Å². The summed E-state index contributed by atoms with van der Waals surface area (Å²) < 4.78 is 20.7. The van der Waals surface area contributed by atoms with Gasteiger partial charge in [-0.05, 0) is 81.4 Å². The van der Waals surface area contributed by atoms with Crippen LogP contribution in [0.4, 0.5) is 0 Å². The van der Waals surface area contributed by atoms with E-state index in [1.54, 1.807) is 23.9 Å². The predicted molar refractivity (Wildman–Crippen MR) is 164 cm³/mol. The minimum absolute atomic E-state index is 0.170. The molecule has 226 valence electrons. The highest BCUT2D eigenvalue weighted by Crippen LogP contribution is 2.42. The number of aromatic nitrogens is 3. The van der Waals surface area contributed by atoms with Gasteiger partial charge in [0.15, 0.2) is 0 Å². The number of esters is 1. The maximum absolute atomic E-state index is 13.1. The average Bonchev–Trinajstić information content (AvgIpc) is 3.72. The number of amides is 1. The standard InChI is InChI=1S/C34H40N4O5/c1-21-30(35-38-20-25(34(40)42-3)18-29(41-2)31(21)38)27-17-24-7-6-8-26(32(24)37(27)19-22-10-11-22)23-12-14-36(15-13-23)33(39)28-9-4-5-16-43-28/h6-8,17-18,20,22-23,28H,4-5,9-16,19H2,1-3H3. The smallest absolute Gasteiger partial charge is 0.339 e. The number of methoxy groups -OCH3 is 2. The molecule has 0 N–H and O–H groups in total. The minimum Gasteiger partial charge on any atom is -0.494 e. The maximum Gasteiger partial charge on any atom is 0.339 e. The van der Waals surface area contributed by atoms with Crippen molar-refractivity contribution in [1.29, 1.82) is 0 Å². The number of nitrogens with zero attached hydrogens (tertiary/aromatic N) is 4. The zero-order valence-corrected chi connectivity index (χ0v) is 25.3. The predicted octanol–water partition coefficient (Wildman–Crippen LogP) is 5.74. The zero-order chi connectivity index (χ0) is 29.7. The van der Waals surface area contributed by atoms with Crippen molar-refractivity contribution >= 4 is 28.3 Å². The normalized spacial score (nSPS) is 19.7. The topological polar surface area (TPSA) is 87.3 Å². The van der Waals surface area contributed by atoms with E-state index in [4.69, 9.17) is 19.3 Å². The number of benzene rings is 1. The summed E-state index contributed by atoms with van der Waals surface area (Å²) in [4.78, 5) is 27.5.